The summed E-state index contributed by atoms with van der Waals surface area (Å²) in [5.74, 6) is 0.989. The van der Waals surface area contributed by atoms with E-state index in [2.05, 4.69) is 20.6 Å². The Labute approximate surface area is 183 Å². The Kier molecular flexibility index (Phi) is 9.11. The van der Waals surface area contributed by atoms with Crippen molar-refractivity contribution in [2.24, 2.45) is 0 Å². The van der Waals surface area contributed by atoms with Gasteiger partial charge in [0.2, 0.25) is 11.8 Å². The maximum atomic E-state index is 11.7. The van der Waals surface area contributed by atoms with Crippen molar-refractivity contribution in [3.05, 3.63) is 95.3 Å². The van der Waals surface area contributed by atoms with Gasteiger partial charge in [-0.05, 0) is 56.5 Å². The molecule has 2 aromatic heterocycles. The van der Waals surface area contributed by atoms with Crippen molar-refractivity contribution >= 4 is 23.5 Å². The maximum absolute atomic E-state index is 11.7. The number of nitrogens with zero attached hydrogens (tertiary/aromatic N) is 2. The zero-order valence-electron chi connectivity index (χ0n) is 18.3. The van der Waals surface area contributed by atoms with Gasteiger partial charge < -0.3 is 10.6 Å². The largest absolute Gasteiger partial charge is 0.310 e. The summed E-state index contributed by atoms with van der Waals surface area (Å²) in [6.45, 7) is 7.67. The summed E-state index contributed by atoms with van der Waals surface area (Å²) in [5, 5.41) is 5.44. The maximum Gasteiger partial charge on any atom is 0.249 e. The Hall–Kier alpha value is -3.80. The summed E-state index contributed by atoms with van der Waals surface area (Å²) >= 11 is 0. The molecule has 31 heavy (non-hydrogen) atoms. The van der Waals surface area contributed by atoms with Crippen LogP contribution in [0.5, 0.6) is 0 Å². The first-order valence-electron chi connectivity index (χ1n) is 9.97. The standard InChI is InChI=1S/C14H14N2O.C11H14N2O/c1-11-7-8-13(15-10-11)16-14(17)9-12-5-3-2-4-6-12;1-8(2)6-11(14)13-10-5-4-9(3)7-12-10/h2-8,10H,9H2,1H3,(H,15,16,17);4-7H,1-3H3,(H,12,13,14). The highest BCUT2D eigenvalue weighted by Crippen LogP contribution is 2.06. The van der Waals surface area contributed by atoms with Gasteiger partial charge in [0.25, 0.3) is 0 Å². The summed E-state index contributed by atoms with van der Waals surface area (Å²) < 4.78 is 0. The number of carbonyl (C=O) groups is 2. The van der Waals surface area contributed by atoms with Gasteiger partial charge in [-0.1, -0.05) is 48.0 Å². The van der Waals surface area contributed by atoms with Crippen LogP contribution in [0, 0.1) is 13.8 Å². The summed E-state index contributed by atoms with van der Waals surface area (Å²) in [7, 11) is 0. The Morgan fingerprint density at radius 2 is 1.35 bits per heavy atom. The molecule has 6 nitrogen and oxygen atoms in total. The van der Waals surface area contributed by atoms with Gasteiger partial charge in [0.1, 0.15) is 11.6 Å². The third-order valence-corrected chi connectivity index (χ3v) is 3.97. The van der Waals surface area contributed by atoms with E-state index < -0.39 is 0 Å². The number of hydrogen-bond donors (Lipinski definition) is 2. The Morgan fingerprint density at radius 3 is 1.84 bits per heavy atom. The number of anilines is 2. The smallest absolute Gasteiger partial charge is 0.249 e. The minimum absolute atomic E-state index is 0.0486. The van der Waals surface area contributed by atoms with E-state index in [4.69, 9.17) is 0 Å². The summed E-state index contributed by atoms with van der Waals surface area (Å²) in [5.41, 5.74) is 4.11. The molecule has 0 bridgehead atoms. The van der Waals surface area contributed by atoms with Crippen molar-refractivity contribution in [3.8, 4) is 0 Å². The van der Waals surface area contributed by atoms with Crippen LogP contribution in [0.4, 0.5) is 11.6 Å². The number of benzene rings is 1. The average Bonchev–Trinajstić information content (AvgIpc) is 2.72. The van der Waals surface area contributed by atoms with Crippen LogP contribution in [0.2, 0.25) is 0 Å². The molecular weight excluding hydrogens is 388 g/mol. The molecule has 0 radical (unpaired) electrons. The molecule has 2 N–H and O–H groups in total. The molecule has 0 aliphatic rings. The van der Waals surface area contributed by atoms with Gasteiger partial charge in [-0.2, -0.15) is 0 Å². The minimum Gasteiger partial charge on any atom is -0.310 e. The molecular formula is C25H28N4O2. The number of amides is 2. The normalized spacial score (nSPS) is 9.68. The molecule has 6 heteroatoms. The molecule has 3 aromatic rings. The molecule has 2 amide bonds. The molecule has 0 fully saturated rings. The highest BCUT2D eigenvalue weighted by Gasteiger charge is 2.04. The molecule has 0 unspecified atom stereocenters. The van der Waals surface area contributed by atoms with Crippen LogP contribution in [0.15, 0.2) is 78.6 Å². The molecule has 3 rings (SSSR count). The number of hydrogen-bond acceptors (Lipinski definition) is 4. The highest BCUT2D eigenvalue weighted by molar-refractivity contribution is 5.99. The van der Waals surface area contributed by atoms with Gasteiger partial charge in [0.05, 0.1) is 6.42 Å². The number of carbonyl (C=O) groups excluding carboxylic acids is 2. The lowest BCUT2D eigenvalue weighted by atomic mass is 10.1. The number of pyridine rings is 2. The monoisotopic (exact) mass is 416 g/mol. The van der Waals surface area contributed by atoms with E-state index >= 15 is 0 Å². The van der Waals surface area contributed by atoms with Crippen LogP contribution in [0.1, 0.15) is 30.5 Å². The molecule has 0 saturated carbocycles. The van der Waals surface area contributed by atoms with E-state index in [9.17, 15) is 9.59 Å². The second-order valence-corrected chi connectivity index (χ2v) is 7.36. The molecule has 1 aromatic carbocycles. The third-order valence-electron chi connectivity index (χ3n) is 3.97. The van der Waals surface area contributed by atoms with Gasteiger partial charge in [0.15, 0.2) is 0 Å². The predicted octanol–water partition coefficient (Wildman–Crippen LogP) is 4.87. The fraction of sp³-hybridized carbons (Fsp3) is 0.200. The Bertz CT molecular complexity index is 1010. The topological polar surface area (TPSA) is 84.0 Å². The number of nitrogens with one attached hydrogen (secondary N) is 2. The lowest BCUT2D eigenvalue weighted by Crippen LogP contribution is -2.15. The molecule has 0 spiro atoms. The Balaban J connectivity index is 0.000000225. The van der Waals surface area contributed by atoms with Gasteiger partial charge in [-0.3, -0.25) is 9.59 Å². The van der Waals surface area contributed by atoms with Gasteiger partial charge in [-0.25, -0.2) is 9.97 Å². The zero-order chi connectivity index (χ0) is 22.6. The van der Waals surface area contributed by atoms with E-state index in [1.807, 2.05) is 70.2 Å². The fourth-order valence-electron chi connectivity index (χ4n) is 2.48. The van der Waals surface area contributed by atoms with E-state index in [0.717, 1.165) is 22.3 Å². The van der Waals surface area contributed by atoms with Crippen molar-refractivity contribution in [3.63, 3.8) is 0 Å². The zero-order valence-corrected chi connectivity index (χ0v) is 18.3. The third kappa shape index (κ3) is 9.49. The van der Waals surface area contributed by atoms with Gasteiger partial charge >= 0.3 is 0 Å². The van der Waals surface area contributed by atoms with Crippen molar-refractivity contribution < 1.29 is 9.59 Å². The van der Waals surface area contributed by atoms with Crippen molar-refractivity contribution in [1.29, 1.82) is 0 Å². The van der Waals surface area contributed by atoms with Crippen molar-refractivity contribution in [2.45, 2.75) is 34.1 Å². The van der Waals surface area contributed by atoms with Crippen LogP contribution in [0.25, 0.3) is 0 Å². The van der Waals surface area contributed by atoms with Crippen LogP contribution < -0.4 is 10.6 Å². The van der Waals surface area contributed by atoms with Crippen LogP contribution in [-0.4, -0.2) is 21.8 Å². The van der Waals surface area contributed by atoms with Crippen LogP contribution in [0.3, 0.4) is 0 Å². The lowest BCUT2D eigenvalue weighted by Gasteiger charge is -2.04. The SMILES string of the molecule is CC(C)=CC(=O)Nc1ccc(C)cn1.Cc1ccc(NC(=O)Cc2ccccc2)nc1. The molecule has 2 heterocycles. The fourth-order valence-corrected chi connectivity index (χ4v) is 2.48. The van der Waals surface area contributed by atoms with Crippen molar-refractivity contribution in [1.82, 2.24) is 9.97 Å². The number of aryl methyl sites for hydroxylation is 2. The highest BCUT2D eigenvalue weighted by atomic mass is 16.2. The minimum atomic E-state index is -0.138. The van der Waals surface area contributed by atoms with Gasteiger partial charge in [-0.15, -0.1) is 0 Å². The quantitative estimate of drug-likeness (QED) is 0.582. The first-order valence-corrected chi connectivity index (χ1v) is 9.97. The predicted molar refractivity (Wildman–Crippen MR) is 125 cm³/mol. The van der Waals surface area contributed by atoms with E-state index in [1.54, 1.807) is 30.6 Å². The summed E-state index contributed by atoms with van der Waals surface area (Å²) in [6, 6.07) is 17.1. The van der Waals surface area contributed by atoms with Gasteiger partial charge in [0, 0.05) is 18.5 Å². The number of rotatable bonds is 5. The van der Waals surface area contributed by atoms with Crippen LogP contribution >= 0.6 is 0 Å². The number of aromatic nitrogens is 2. The molecule has 160 valence electrons. The Morgan fingerprint density at radius 1 is 0.806 bits per heavy atom. The van der Waals surface area contributed by atoms with E-state index in [1.165, 1.54) is 0 Å². The molecule has 0 atom stereocenters. The first kappa shape index (κ1) is 23.5. The van der Waals surface area contributed by atoms with Crippen LogP contribution in [-0.2, 0) is 16.0 Å². The average molecular weight is 417 g/mol. The first-order chi connectivity index (χ1) is 14.8. The van der Waals surface area contributed by atoms with Crippen molar-refractivity contribution in [2.75, 3.05) is 10.6 Å². The van der Waals surface area contributed by atoms with E-state index in [-0.39, 0.29) is 11.8 Å². The molecule has 0 saturated heterocycles. The number of allylic oxidation sites excluding steroid dienone is 1. The second-order valence-electron chi connectivity index (χ2n) is 7.36. The lowest BCUT2D eigenvalue weighted by molar-refractivity contribution is -0.115. The molecule has 0 aliphatic heterocycles. The molecule has 0 aliphatic carbocycles. The summed E-state index contributed by atoms with van der Waals surface area (Å²) in [6.07, 6.45) is 5.37. The summed E-state index contributed by atoms with van der Waals surface area (Å²) in [4.78, 5) is 31.2. The van der Waals surface area contributed by atoms with E-state index in [0.29, 0.717) is 18.1 Å². The second kappa shape index (κ2) is 12.0.